The first-order valence-corrected chi connectivity index (χ1v) is 4.34. The molecule has 3 heteroatoms. The molecule has 3 nitrogen and oxygen atoms in total. The third kappa shape index (κ3) is 22.9. The molecule has 0 spiro atoms. The highest BCUT2D eigenvalue weighted by molar-refractivity contribution is 5.66. The van der Waals surface area contributed by atoms with Gasteiger partial charge in [0.05, 0.1) is 0 Å². The van der Waals surface area contributed by atoms with E-state index in [0.29, 0.717) is 6.42 Å². The number of carbonyl (C=O) groups excluding carboxylic acids is 1. The number of carboxylic acids is 1. The van der Waals surface area contributed by atoms with Crippen LogP contribution in [0.1, 0.15) is 46.0 Å². The predicted octanol–water partition coefficient (Wildman–Crippen LogP) is 2.25. The molecule has 0 saturated heterocycles. The maximum Gasteiger partial charge on any atom is 0.303 e. The van der Waals surface area contributed by atoms with Crippen molar-refractivity contribution in [1.29, 1.82) is 0 Å². The number of aldehydes is 1. The van der Waals surface area contributed by atoms with Crippen LogP contribution >= 0.6 is 0 Å². The number of carboxylic acid groups (broad SMARTS) is 1. The summed E-state index contributed by atoms with van der Waals surface area (Å²) < 4.78 is 0. The van der Waals surface area contributed by atoms with Gasteiger partial charge in [0.1, 0.15) is 6.29 Å². The first-order chi connectivity index (χ1) is 5.68. The lowest BCUT2D eigenvalue weighted by molar-refractivity contribution is -0.137. The summed E-state index contributed by atoms with van der Waals surface area (Å²) in [6.07, 6.45) is 4.89. The molecule has 0 aliphatic heterocycles. The van der Waals surface area contributed by atoms with Crippen molar-refractivity contribution in [2.45, 2.75) is 46.0 Å². The summed E-state index contributed by atoms with van der Waals surface area (Å²) in [5, 5.41) is 7.91. The topological polar surface area (TPSA) is 54.4 Å². The molecule has 0 bridgehead atoms. The molecule has 1 N–H and O–H groups in total. The van der Waals surface area contributed by atoms with Crippen LogP contribution in [0.2, 0.25) is 0 Å². The van der Waals surface area contributed by atoms with Crippen LogP contribution in [0.4, 0.5) is 0 Å². The average Bonchev–Trinajstić information content (AvgIpc) is 2.02. The Labute approximate surface area is 73.8 Å². The van der Waals surface area contributed by atoms with Crippen LogP contribution in [0.5, 0.6) is 0 Å². The Balaban J connectivity index is 0. The average molecular weight is 174 g/mol. The van der Waals surface area contributed by atoms with E-state index in [0.717, 1.165) is 32.0 Å². The van der Waals surface area contributed by atoms with Crippen molar-refractivity contribution in [3.05, 3.63) is 0 Å². The number of hydrogen-bond donors (Lipinski definition) is 1. The minimum absolute atomic E-state index is 0.292. The van der Waals surface area contributed by atoms with Crippen molar-refractivity contribution >= 4 is 12.3 Å². The molecule has 0 atom stereocenters. The van der Waals surface area contributed by atoms with E-state index >= 15 is 0 Å². The van der Waals surface area contributed by atoms with Crippen LogP contribution < -0.4 is 0 Å². The van der Waals surface area contributed by atoms with Gasteiger partial charge in [-0.1, -0.05) is 20.3 Å². The summed E-state index contributed by atoms with van der Waals surface area (Å²) in [5.74, 6) is -0.711. The van der Waals surface area contributed by atoms with Gasteiger partial charge in [0.15, 0.2) is 0 Å². The van der Waals surface area contributed by atoms with E-state index in [2.05, 4.69) is 6.92 Å². The van der Waals surface area contributed by atoms with E-state index < -0.39 is 5.97 Å². The molecule has 0 rings (SSSR count). The van der Waals surface area contributed by atoms with Gasteiger partial charge >= 0.3 is 5.97 Å². The monoisotopic (exact) mass is 174 g/mol. The lowest BCUT2D eigenvalue weighted by Gasteiger charge is -1.79. The predicted molar refractivity (Wildman–Crippen MR) is 48.1 cm³/mol. The number of carbonyl (C=O) groups is 2. The zero-order valence-corrected chi connectivity index (χ0v) is 7.88. The standard InChI is InChI=1S/C5H10O.C4H8O2/c1-2-3-4-5-6;1-2-3-4(5)6/h5H,2-4H2,1H3;2-3H2,1H3,(H,5,6). The Bertz CT molecular complexity index is 110. The van der Waals surface area contributed by atoms with Gasteiger partial charge in [-0.15, -0.1) is 0 Å². The number of aliphatic carboxylic acids is 1. The van der Waals surface area contributed by atoms with Gasteiger partial charge in [0.25, 0.3) is 0 Å². The summed E-state index contributed by atoms with van der Waals surface area (Å²) in [7, 11) is 0. The highest BCUT2D eigenvalue weighted by atomic mass is 16.4. The van der Waals surface area contributed by atoms with E-state index in [-0.39, 0.29) is 0 Å². The molecular formula is C9H18O3. The molecule has 0 fully saturated rings. The zero-order chi connectivity index (χ0) is 9.82. The molecular weight excluding hydrogens is 156 g/mol. The summed E-state index contributed by atoms with van der Waals surface area (Å²) in [6, 6.07) is 0. The van der Waals surface area contributed by atoms with Gasteiger partial charge in [0.2, 0.25) is 0 Å². The second kappa shape index (κ2) is 12.8. The van der Waals surface area contributed by atoms with E-state index in [1.54, 1.807) is 0 Å². The molecule has 72 valence electrons. The number of unbranched alkanes of at least 4 members (excludes halogenated alkanes) is 2. The largest absolute Gasteiger partial charge is 0.481 e. The second-order valence-corrected chi connectivity index (χ2v) is 2.45. The SMILES string of the molecule is CCCC(=O)O.CCCCC=O. The Morgan fingerprint density at radius 1 is 1.33 bits per heavy atom. The molecule has 0 heterocycles. The molecule has 0 unspecified atom stereocenters. The first kappa shape index (κ1) is 13.7. The van der Waals surface area contributed by atoms with Crippen molar-refractivity contribution in [1.82, 2.24) is 0 Å². The molecule has 0 saturated carbocycles. The molecule has 0 radical (unpaired) electrons. The van der Waals surface area contributed by atoms with Crippen molar-refractivity contribution in [2.75, 3.05) is 0 Å². The molecule has 12 heavy (non-hydrogen) atoms. The minimum atomic E-state index is -0.711. The highest BCUT2D eigenvalue weighted by Crippen LogP contribution is 1.87. The Hall–Kier alpha value is -0.860. The van der Waals surface area contributed by atoms with Crippen LogP contribution in [0.3, 0.4) is 0 Å². The number of hydrogen-bond acceptors (Lipinski definition) is 2. The third-order valence-corrected chi connectivity index (χ3v) is 1.14. The van der Waals surface area contributed by atoms with Gasteiger partial charge in [-0.25, -0.2) is 0 Å². The van der Waals surface area contributed by atoms with Gasteiger partial charge in [-0.3, -0.25) is 4.79 Å². The molecule has 0 aromatic carbocycles. The summed E-state index contributed by atoms with van der Waals surface area (Å²) in [5.41, 5.74) is 0. The lowest BCUT2D eigenvalue weighted by Crippen LogP contribution is -1.90. The van der Waals surface area contributed by atoms with Crippen molar-refractivity contribution in [3.8, 4) is 0 Å². The molecule has 0 aromatic rings. The fourth-order valence-electron chi connectivity index (χ4n) is 0.501. The van der Waals surface area contributed by atoms with Crippen LogP contribution in [-0.2, 0) is 9.59 Å². The van der Waals surface area contributed by atoms with Crippen molar-refractivity contribution < 1.29 is 14.7 Å². The van der Waals surface area contributed by atoms with E-state index in [9.17, 15) is 9.59 Å². The number of rotatable bonds is 5. The van der Waals surface area contributed by atoms with Crippen LogP contribution in [0, 0.1) is 0 Å². The van der Waals surface area contributed by atoms with Crippen molar-refractivity contribution in [3.63, 3.8) is 0 Å². The Morgan fingerprint density at radius 3 is 2.00 bits per heavy atom. The molecule has 0 amide bonds. The van der Waals surface area contributed by atoms with Crippen molar-refractivity contribution in [2.24, 2.45) is 0 Å². The Morgan fingerprint density at radius 2 is 1.92 bits per heavy atom. The Kier molecular flexibility index (Phi) is 14.6. The molecule has 0 aromatic heterocycles. The van der Waals surface area contributed by atoms with Gasteiger partial charge in [-0.05, 0) is 12.8 Å². The minimum Gasteiger partial charge on any atom is -0.481 e. The molecule has 0 aliphatic rings. The van der Waals surface area contributed by atoms with E-state index in [1.807, 2.05) is 6.92 Å². The summed E-state index contributed by atoms with van der Waals surface area (Å²) in [4.78, 5) is 19.2. The van der Waals surface area contributed by atoms with Crippen LogP contribution in [0.15, 0.2) is 0 Å². The fourth-order valence-corrected chi connectivity index (χ4v) is 0.501. The van der Waals surface area contributed by atoms with Crippen LogP contribution in [-0.4, -0.2) is 17.4 Å². The smallest absolute Gasteiger partial charge is 0.303 e. The van der Waals surface area contributed by atoms with Gasteiger partial charge in [0, 0.05) is 12.8 Å². The maximum absolute atomic E-state index is 9.60. The van der Waals surface area contributed by atoms with Gasteiger partial charge in [-0.2, -0.15) is 0 Å². The second-order valence-electron chi connectivity index (χ2n) is 2.45. The highest BCUT2D eigenvalue weighted by Gasteiger charge is 1.87. The molecule has 0 aliphatic carbocycles. The van der Waals surface area contributed by atoms with Crippen LogP contribution in [0.25, 0.3) is 0 Å². The van der Waals surface area contributed by atoms with Gasteiger partial charge < -0.3 is 9.90 Å². The third-order valence-electron chi connectivity index (χ3n) is 1.14. The first-order valence-electron chi connectivity index (χ1n) is 4.34. The zero-order valence-electron chi connectivity index (χ0n) is 7.88. The normalized spacial score (nSPS) is 8.17. The maximum atomic E-state index is 9.60. The lowest BCUT2D eigenvalue weighted by atomic mass is 10.3. The fraction of sp³-hybridized carbons (Fsp3) is 0.778. The summed E-state index contributed by atoms with van der Waals surface area (Å²) in [6.45, 7) is 3.91. The summed E-state index contributed by atoms with van der Waals surface area (Å²) >= 11 is 0. The van der Waals surface area contributed by atoms with E-state index in [4.69, 9.17) is 5.11 Å². The quantitative estimate of drug-likeness (QED) is 0.513. The van der Waals surface area contributed by atoms with E-state index in [1.165, 1.54) is 0 Å².